The van der Waals surface area contributed by atoms with Crippen molar-refractivity contribution in [3.63, 3.8) is 0 Å². The molecule has 0 unspecified atom stereocenters. The van der Waals surface area contributed by atoms with Crippen LogP contribution >= 0.6 is 0 Å². The Bertz CT molecular complexity index is 276. The molecule has 0 spiro atoms. The fraction of sp³-hybridized carbons (Fsp3) is 0.455. The number of benzene rings is 1. The van der Waals surface area contributed by atoms with E-state index in [2.05, 4.69) is 5.32 Å². The number of nitrogens with one attached hydrogen (secondary N) is 1. The lowest BCUT2D eigenvalue weighted by molar-refractivity contribution is 0.175. The molecule has 1 rings (SSSR count). The van der Waals surface area contributed by atoms with Gasteiger partial charge in [0.1, 0.15) is 11.9 Å². The quantitative estimate of drug-likeness (QED) is 0.744. The van der Waals surface area contributed by atoms with Gasteiger partial charge in [0.15, 0.2) is 0 Å². The first-order valence-corrected chi connectivity index (χ1v) is 4.85. The first-order valence-electron chi connectivity index (χ1n) is 4.85. The van der Waals surface area contributed by atoms with E-state index in [-0.39, 0.29) is 6.54 Å². The fourth-order valence-electron chi connectivity index (χ4n) is 1.18. The van der Waals surface area contributed by atoms with Crippen molar-refractivity contribution in [3.05, 3.63) is 29.8 Å². The minimum absolute atomic E-state index is 0.169. The predicted molar refractivity (Wildman–Crippen MR) is 56.7 cm³/mol. The average Bonchev–Trinajstić information content (AvgIpc) is 2.29. The molecule has 1 aromatic rings. The van der Waals surface area contributed by atoms with Crippen LogP contribution < -0.4 is 10.1 Å². The molecule has 15 heavy (non-hydrogen) atoms. The van der Waals surface area contributed by atoms with Gasteiger partial charge >= 0.3 is 0 Å². The van der Waals surface area contributed by atoms with Crippen molar-refractivity contribution in [2.75, 3.05) is 20.3 Å². The molecule has 84 valence electrons. The first kappa shape index (κ1) is 11.9. The molecular formula is C11H16FNO2. The molecule has 0 heterocycles. The number of aliphatic hydroxyl groups excluding tert-OH is 1. The lowest BCUT2D eigenvalue weighted by Crippen LogP contribution is -2.25. The number of rotatable bonds is 6. The van der Waals surface area contributed by atoms with Gasteiger partial charge < -0.3 is 15.2 Å². The predicted octanol–water partition coefficient (Wildman–Crippen LogP) is 1.12. The monoisotopic (exact) mass is 213 g/mol. The van der Waals surface area contributed by atoms with Gasteiger partial charge in [0.25, 0.3) is 0 Å². The fourth-order valence-corrected chi connectivity index (χ4v) is 1.18. The van der Waals surface area contributed by atoms with Gasteiger partial charge in [-0.1, -0.05) is 12.1 Å². The van der Waals surface area contributed by atoms with Crippen LogP contribution in [0, 0.1) is 0 Å². The Morgan fingerprint density at radius 3 is 2.60 bits per heavy atom. The Morgan fingerprint density at radius 2 is 2.07 bits per heavy atom. The normalized spacial score (nSPS) is 12.5. The van der Waals surface area contributed by atoms with Gasteiger partial charge in [-0.15, -0.1) is 0 Å². The van der Waals surface area contributed by atoms with E-state index in [0.717, 1.165) is 11.3 Å². The summed E-state index contributed by atoms with van der Waals surface area (Å²) >= 11 is 0. The van der Waals surface area contributed by atoms with Gasteiger partial charge in [0.05, 0.1) is 13.7 Å². The molecule has 0 aliphatic carbocycles. The molecule has 1 aromatic carbocycles. The second-order valence-electron chi connectivity index (χ2n) is 3.26. The number of aliphatic hydroxyl groups is 1. The van der Waals surface area contributed by atoms with Crippen LogP contribution in [0.1, 0.15) is 5.56 Å². The summed E-state index contributed by atoms with van der Waals surface area (Å²) in [7, 11) is 1.61. The van der Waals surface area contributed by atoms with E-state index in [4.69, 9.17) is 9.84 Å². The third kappa shape index (κ3) is 4.27. The maximum absolute atomic E-state index is 12.6. The summed E-state index contributed by atoms with van der Waals surface area (Å²) in [6.07, 6.45) is -1.19. The smallest absolute Gasteiger partial charge is 0.135 e. The zero-order valence-electron chi connectivity index (χ0n) is 8.74. The summed E-state index contributed by atoms with van der Waals surface area (Å²) < 4.78 is 17.6. The molecule has 0 amide bonds. The minimum Gasteiger partial charge on any atom is -0.497 e. The lowest BCUT2D eigenvalue weighted by atomic mass is 10.2. The maximum Gasteiger partial charge on any atom is 0.135 e. The van der Waals surface area contributed by atoms with Gasteiger partial charge in [-0.3, -0.25) is 0 Å². The molecule has 0 radical (unpaired) electrons. The number of hydrogen-bond donors (Lipinski definition) is 2. The Morgan fingerprint density at radius 1 is 1.40 bits per heavy atom. The van der Waals surface area contributed by atoms with E-state index >= 15 is 0 Å². The van der Waals surface area contributed by atoms with Crippen molar-refractivity contribution in [1.82, 2.24) is 5.32 Å². The third-order valence-electron chi connectivity index (χ3n) is 2.05. The van der Waals surface area contributed by atoms with Gasteiger partial charge in [-0.2, -0.15) is 0 Å². The van der Waals surface area contributed by atoms with Crippen LogP contribution in [0.4, 0.5) is 4.39 Å². The third-order valence-corrected chi connectivity index (χ3v) is 2.05. The summed E-state index contributed by atoms with van der Waals surface area (Å²) in [4.78, 5) is 0. The Hall–Kier alpha value is -1.13. The zero-order chi connectivity index (χ0) is 11.1. The van der Waals surface area contributed by atoms with Crippen molar-refractivity contribution in [1.29, 1.82) is 0 Å². The van der Waals surface area contributed by atoms with Gasteiger partial charge in [-0.05, 0) is 17.7 Å². The molecule has 0 saturated carbocycles. The second kappa shape index (κ2) is 6.37. The number of halogens is 1. The van der Waals surface area contributed by atoms with Gasteiger partial charge in [0, 0.05) is 13.1 Å². The first-order chi connectivity index (χ1) is 7.26. The van der Waals surface area contributed by atoms with E-state index in [1.807, 2.05) is 24.3 Å². The van der Waals surface area contributed by atoms with Crippen molar-refractivity contribution in [2.45, 2.75) is 12.7 Å². The van der Waals surface area contributed by atoms with Crippen LogP contribution in [0.25, 0.3) is 0 Å². The van der Waals surface area contributed by atoms with Crippen LogP contribution in [0.3, 0.4) is 0 Å². The van der Waals surface area contributed by atoms with Gasteiger partial charge in [0.2, 0.25) is 0 Å². The number of hydrogen-bond acceptors (Lipinski definition) is 3. The lowest BCUT2D eigenvalue weighted by Gasteiger charge is -2.07. The summed E-state index contributed by atoms with van der Waals surface area (Å²) in [5.41, 5.74) is 1.06. The maximum atomic E-state index is 12.6. The number of methoxy groups -OCH3 is 1. The van der Waals surface area contributed by atoms with Crippen LogP contribution in [0.5, 0.6) is 5.75 Å². The molecule has 3 nitrogen and oxygen atoms in total. The highest BCUT2D eigenvalue weighted by Gasteiger charge is 2.02. The highest BCUT2D eigenvalue weighted by Crippen LogP contribution is 2.10. The summed E-state index contributed by atoms with van der Waals surface area (Å²) in [5.74, 6) is 0.803. The Balaban J connectivity index is 2.31. The van der Waals surface area contributed by atoms with E-state index < -0.39 is 12.8 Å². The van der Waals surface area contributed by atoms with Crippen LogP contribution in [-0.4, -0.2) is 31.5 Å². The number of ether oxygens (including phenoxy) is 1. The number of alkyl halides is 1. The van der Waals surface area contributed by atoms with Crippen LogP contribution in [0.2, 0.25) is 0 Å². The highest BCUT2D eigenvalue weighted by atomic mass is 19.1. The SMILES string of the molecule is COc1ccc(CNC[C@@H](F)CO)cc1. The zero-order valence-corrected chi connectivity index (χ0v) is 8.74. The van der Waals surface area contributed by atoms with E-state index in [1.165, 1.54) is 0 Å². The summed E-state index contributed by atoms with van der Waals surface area (Å²) in [6.45, 7) is 0.322. The molecular weight excluding hydrogens is 197 g/mol. The van der Waals surface area contributed by atoms with Gasteiger partial charge in [-0.25, -0.2) is 4.39 Å². The highest BCUT2D eigenvalue weighted by molar-refractivity contribution is 5.26. The molecule has 0 aromatic heterocycles. The largest absolute Gasteiger partial charge is 0.497 e. The molecule has 4 heteroatoms. The molecule has 0 saturated heterocycles. The second-order valence-corrected chi connectivity index (χ2v) is 3.26. The summed E-state index contributed by atoms with van der Waals surface area (Å²) in [5, 5.41) is 11.4. The van der Waals surface area contributed by atoms with Crippen LogP contribution in [0.15, 0.2) is 24.3 Å². The molecule has 0 bridgehead atoms. The molecule has 2 N–H and O–H groups in total. The van der Waals surface area contributed by atoms with Crippen molar-refractivity contribution in [3.8, 4) is 5.75 Å². The molecule has 0 fully saturated rings. The minimum atomic E-state index is -1.19. The molecule has 0 aliphatic heterocycles. The molecule has 0 aliphatic rings. The summed E-state index contributed by atoms with van der Waals surface area (Å²) in [6, 6.07) is 7.54. The standard InChI is InChI=1S/C11H16FNO2/c1-15-11-4-2-9(3-5-11)6-13-7-10(12)8-14/h2-5,10,13-14H,6-8H2,1H3/t10-/m1/s1. The van der Waals surface area contributed by atoms with Crippen molar-refractivity contribution < 1.29 is 14.2 Å². The van der Waals surface area contributed by atoms with Crippen molar-refractivity contribution >= 4 is 0 Å². The topological polar surface area (TPSA) is 41.5 Å². The van der Waals surface area contributed by atoms with Crippen molar-refractivity contribution in [2.24, 2.45) is 0 Å². The van der Waals surface area contributed by atoms with Crippen LogP contribution in [-0.2, 0) is 6.54 Å². The van der Waals surface area contributed by atoms with E-state index in [9.17, 15) is 4.39 Å². The average molecular weight is 213 g/mol. The Labute approximate surface area is 88.9 Å². The van der Waals surface area contributed by atoms with E-state index in [1.54, 1.807) is 7.11 Å². The van der Waals surface area contributed by atoms with E-state index in [0.29, 0.717) is 6.54 Å². The molecule has 1 atom stereocenters. The Kier molecular flexibility index (Phi) is 5.07.